The van der Waals surface area contributed by atoms with Crippen LogP contribution in [0.3, 0.4) is 0 Å². The van der Waals surface area contributed by atoms with Crippen molar-refractivity contribution in [3.63, 3.8) is 0 Å². The highest BCUT2D eigenvalue weighted by atomic mass is 16.5. The van der Waals surface area contributed by atoms with Crippen LogP contribution in [0.1, 0.15) is 38.2 Å². The van der Waals surface area contributed by atoms with Crippen LogP contribution in [0.2, 0.25) is 0 Å². The van der Waals surface area contributed by atoms with Crippen molar-refractivity contribution in [1.29, 1.82) is 0 Å². The summed E-state index contributed by atoms with van der Waals surface area (Å²) in [7, 11) is 1.51. The Kier molecular flexibility index (Phi) is 7.00. The molecular formula is C20H29NO4. The first kappa shape index (κ1) is 19.4. The first-order valence-electron chi connectivity index (χ1n) is 9.03. The normalized spacial score (nSPS) is 21.8. The predicted octanol–water partition coefficient (Wildman–Crippen LogP) is 2.99. The van der Waals surface area contributed by atoms with Crippen molar-refractivity contribution < 1.29 is 19.4 Å². The van der Waals surface area contributed by atoms with E-state index in [1.165, 1.54) is 12.7 Å². The number of hydrogen-bond acceptors (Lipinski definition) is 3. The Morgan fingerprint density at radius 2 is 2.04 bits per heavy atom. The van der Waals surface area contributed by atoms with Gasteiger partial charge in [-0.25, -0.2) is 0 Å². The van der Waals surface area contributed by atoms with Crippen LogP contribution in [0.5, 0.6) is 0 Å². The number of hydrogen-bond donors (Lipinski definition) is 1. The van der Waals surface area contributed by atoms with Crippen LogP contribution in [-0.2, 0) is 20.7 Å². The lowest BCUT2D eigenvalue weighted by atomic mass is 9.80. The van der Waals surface area contributed by atoms with E-state index in [0.29, 0.717) is 19.4 Å². The Morgan fingerprint density at radius 1 is 1.32 bits per heavy atom. The second kappa shape index (κ2) is 8.99. The Morgan fingerprint density at radius 3 is 2.68 bits per heavy atom. The summed E-state index contributed by atoms with van der Waals surface area (Å²) in [6.45, 7) is 2.98. The highest BCUT2D eigenvalue weighted by molar-refractivity contribution is 5.81. The maximum Gasteiger partial charge on any atom is 0.313 e. The molecule has 1 amide bonds. The maximum absolute atomic E-state index is 12.7. The molecule has 0 bridgehead atoms. The zero-order chi connectivity index (χ0) is 18.3. The number of carbonyl (C=O) groups excluding carboxylic acids is 1. The molecule has 138 valence electrons. The van der Waals surface area contributed by atoms with Crippen molar-refractivity contribution in [1.82, 2.24) is 4.90 Å². The van der Waals surface area contributed by atoms with E-state index in [1.807, 2.05) is 25.1 Å². The maximum atomic E-state index is 12.7. The van der Waals surface area contributed by atoms with Crippen LogP contribution in [0, 0.1) is 11.3 Å². The van der Waals surface area contributed by atoms with E-state index in [-0.39, 0.29) is 25.0 Å². The lowest BCUT2D eigenvalue weighted by molar-refractivity contribution is -0.159. The minimum absolute atomic E-state index is 0.0643. The van der Waals surface area contributed by atoms with Gasteiger partial charge >= 0.3 is 5.97 Å². The fraction of sp³-hybridized carbons (Fsp3) is 0.600. The Labute approximate surface area is 150 Å². The molecule has 1 N–H and O–H groups in total. The van der Waals surface area contributed by atoms with Gasteiger partial charge in [-0.3, -0.25) is 9.59 Å². The summed E-state index contributed by atoms with van der Waals surface area (Å²) < 4.78 is 5.13. The van der Waals surface area contributed by atoms with Crippen molar-refractivity contribution in [3.05, 3.63) is 35.9 Å². The third-order valence-corrected chi connectivity index (χ3v) is 5.13. The van der Waals surface area contributed by atoms with Gasteiger partial charge in [0.15, 0.2) is 0 Å². The molecular weight excluding hydrogens is 318 g/mol. The average molecular weight is 347 g/mol. The smallest absolute Gasteiger partial charge is 0.313 e. The van der Waals surface area contributed by atoms with Crippen LogP contribution >= 0.6 is 0 Å². The van der Waals surface area contributed by atoms with Gasteiger partial charge in [-0.1, -0.05) is 37.3 Å². The molecule has 0 radical (unpaired) electrons. The minimum Gasteiger partial charge on any atom is -0.481 e. The van der Waals surface area contributed by atoms with Crippen molar-refractivity contribution in [3.8, 4) is 0 Å². The summed E-state index contributed by atoms with van der Waals surface area (Å²) in [5, 5.41) is 9.61. The number of carboxylic acid groups (broad SMARTS) is 1. The zero-order valence-corrected chi connectivity index (χ0v) is 15.2. The number of amides is 1. The number of carbonyl (C=O) groups is 2. The number of carboxylic acids is 1. The number of piperidine rings is 1. The second-order valence-corrected chi connectivity index (χ2v) is 7.16. The lowest BCUT2D eigenvalue weighted by Crippen LogP contribution is -2.53. The molecule has 1 aliphatic rings. The minimum atomic E-state index is -0.966. The van der Waals surface area contributed by atoms with E-state index in [9.17, 15) is 14.7 Å². The van der Waals surface area contributed by atoms with Crippen LogP contribution in [0.15, 0.2) is 30.3 Å². The molecule has 2 rings (SSSR count). The average Bonchev–Trinajstić information content (AvgIpc) is 2.62. The van der Waals surface area contributed by atoms with Gasteiger partial charge in [0.25, 0.3) is 0 Å². The fourth-order valence-electron chi connectivity index (χ4n) is 3.64. The highest BCUT2D eigenvalue weighted by Crippen LogP contribution is 2.32. The molecule has 1 aliphatic heterocycles. The van der Waals surface area contributed by atoms with E-state index in [4.69, 9.17) is 4.74 Å². The van der Waals surface area contributed by atoms with Gasteiger partial charge in [-0.2, -0.15) is 0 Å². The third-order valence-electron chi connectivity index (χ3n) is 5.13. The third kappa shape index (κ3) is 5.05. The van der Waals surface area contributed by atoms with Gasteiger partial charge in [-0.05, 0) is 37.7 Å². The topological polar surface area (TPSA) is 66.8 Å². The molecule has 1 heterocycles. The number of likely N-dealkylation sites (tertiary alicyclic amines) is 1. The first-order chi connectivity index (χ1) is 12.0. The van der Waals surface area contributed by atoms with Crippen molar-refractivity contribution >= 4 is 11.9 Å². The predicted molar refractivity (Wildman–Crippen MR) is 96.3 cm³/mol. The molecule has 0 aromatic heterocycles. The molecule has 0 spiro atoms. The van der Waals surface area contributed by atoms with Gasteiger partial charge in [0.2, 0.25) is 5.91 Å². The highest BCUT2D eigenvalue weighted by Gasteiger charge is 2.44. The van der Waals surface area contributed by atoms with E-state index >= 15 is 0 Å². The quantitative estimate of drug-likeness (QED) is 0.785. The van der Waals surface area contributed by atoms with Crippen LogP contribution in [0.4, 0.5) is 0 Å². The molecule has 1 fully saturated rings. The number of rotatable bonds is 8. The number of ether oxygens (including phenoxy) is 1. The largest absolute Gasteiger partial charge is 0.481 e. The summed E-state index contributed by atoms with van der Waals surface area (Å²) >= 11 is 0. The van der Waals surface area contributed by atoms with Gasteiger partial charge in [0.1, 0.15) is 5.41 Å². The van der Waals surface area contributed by atoms with E-state index < -0.39 is 11.4 Å². The fourth-order valence-corrected chi connectivity index (χ4v) is 3.64. The number of methoxy groups -OCH3 is 1. The summed E-state index contributed by atoms with van der Waals surface area (Å²) in [6.07, 6.45) is 3.99. The number of aryl methyl sites for hydroxylation is 1. The first-order valence-corrected chi connectivity index (χ1v) is 9.03. The van der Waals surface area contributed by atoms with Gasteiger partial charge in [0, 0.05) is 26.1 Å². The molecule has 2 atom stereocenters. The standard InChI is InChI=1S/C20H29NO4/c1-16(8-6-11-17-9-4-3-5-10-17)18(22)21-13-7-12-20(14-21,15-25-2)19(23)24/h3-5,9-10,16H,6-8,11-15H2,1-2H3,(H,23,24). The summed E-state index contributed by atoms with van der Waals surface area (Å²) in [6, 6.07) is 10.3. The van der Waals surface area contributed by atoms with Crippen molar-refractivity contribution in [2.45, 2.75) is 39.0 Å². The molecule has 1 saturated heterocycles. The molecule has 2 unspecified atom stereocenters. The van der Waals surface area contributed by atoms with Crippen LogP contribution in [-0.4, -0.2) is 48.7 Å². The van der Waals surface area contributed by atoms with Crippen molar-refractivity contribution in [2.24, 2.45) is 11.3 Å². The van der Waals surface area contributed by atoms with Crippen LogP contribution < -0.4 is 0 Å². The van der Waals surface area contributed by atoms with Gasteiger partial charge in [-0.15, -0.1) is 0 Å². The van der Waals surface area contributed by atoms with Crippen LogP contribution in [0.25, 0.3) is 0 Å². The van der Waals surface area contributed by atoms with Gasteiger partial charge < -0.3 is 14.7 Å². The Balaban J connectivity index is 1.88. The molecule has 5 heteroatoms. The second-order valence-electron chi connectivity index (χ2n) is 7.16. The van der Waals surface area contributed by atoms with Gasteiger partial charge in [0.05, 0.1) is 6.61 Å². The molecule has 0 saturated carbocycles. The molecule has 25 heavy (non-hydrogen) atoms. The molecule has 1 aromatic rings. The van der Waals surface area contributed by atoms with E-state index in [0.717, 1.165) is 19.3 Å². The zero-order valence-electron chi connectivity index (χ0n) is 15.2. The van der Waals surface area contributed by atoms with E-state index in [2.05, 4.69) is 12.1 Å². The lowest BCUT2D eigenvalue weighted by Gasteiger charge is -2.40. The summed E-state index contributed by atoms with van der Waals surface area (Å²) in [4.78, 5) is 26.2. The number of aliphatic carboxylic acids is 1. The molecule has 5 nitrogen and oxygen atoms in total. The molecule has 0 aliphatic carbocycles. The Bertz CT molecular complexity index is 570. The van der Waals surface area contributed by atoms with Crippen molar-refractivity contribution in [2.75, 3.05) is 26.8 Å². The number of nitrogens with zero attached hydrogens (tertiary/aromatic N) is 1. The number of benzene rings is 1. The summed E-state index contributed by atoms with van der Waals surface area (Å²) in [5.74, 6) is -0.895. The SMILES string of the molecule is COCC1(C(=O)O)CCCN(C(=O)C(C)CCCc2ccccc2)C1. The summed E-state index contributed by atoms with van der Waals surface area (Å²) in [5.41, 5.74) is 0.317. The molecule has 1 aromatic carbocycles. The monoisotopic (exact) mass is 347 g/mol. The van der Waals surface area contributed by atoms with E-state index in [1.54, 1.807) is 4.90 Å². The Hall–Kier alpha value is -1.88.